The van der Waals surface area contributed by atoms with Crippen LogP contribution in [0.25, 0.3) is 0 Å². The van der Waals surface area contributed by atoms with Gasteiger partial charge in [-0.15, -0.1) is 0 Å². The van der Waals surface area contributed by atoms with Crippen LogP contribution in [0.1, 0.15) is 50.7 Å². The second-order valence-corrected chi connectivity index (χ2v) is 7.23. The van der Waals surface area contributed by atoms with Crippen LogP contribution in [0.2, 0.25) is 0 Å². The first-order chi connectivity index (χ1) is 11.0. The van der Waals surface area contributed by atoms with E-state index in [2.05, 4.69) is 6.92 Å². The zero-order valence-electron chi connectivity index (χ0n) is 13.9. The monoisotopic (exact) mass is 364 g/mol. The maximum Gasteiger partial charge on any atom is 0.404 e. The molecule has 1 atom stereocenters. The van der Waals surface area contributed by atoms with Gasteiger partial charge in [0.1, 0.15) is 11.5 Å². The lowest BCUT2D eigenvalue weighted by atomic mass is 10.0. The Morgan fingerprint density at radius 3 is 2.39 bits per heavy atom. The van der Waals surface area contributed by atoms with Gasteiger partial charge < -0.3 is 23.9 Å². The standard InChI is InChI=1S/C15H26O6P2/c1-4-6-8-13-11-15(12(3)10-14(13)16)20-23(21-22(17)18)19-9-7-5-2/h10-11,16-18H,4-9H2,1-3H3. The molecule has 0 bridgehead atoms. The third kappa shape index (κ3) is 7.75. The average Bonchev–Trinajstić information content (AvgIpc) is 2.48. The molecule has 0 radical (unpaired) electrons. The highest BCUT2D eigenvalue weighted by Gasteiger charge is 2.21. The van der Waals surface area contributed by atoms with Crippen LogP contribution >= 0.6 is 17.2 Å². The molecule has 0 aliphatic carbocycles. The summed E-state index contributed by atoms with van der Waals surface area (Å²) in [6, 6.07) is 3.40. The molecular formula is C15H26O6P2. The van der Waals surface area contributed by atoms with E-state index in [1.807, 2.05) is 6.92 Å². The summed E-state index contributed by atoms with van der Waals surface area (Å²) in [6.45, 7) is 6.34. The predicted molar refractivity (Wildman–Crippen MR) is 92.3 cm³/mol. The second kappa shape index (κ2) is 11.1. The minimum absolute atomic E-state index is 0.243. The number of hydrogen-bond donors (Lipinski definition) is 3. The highest BCUT2D eigenvalue weighted by Crippen LogP contribution is 2.51. The molecule has 0 heterocycles. The first-order valence-corrected chi connectivity index (χ1v) is 10.0. The van der Waals surface area contributed by atoms with Gasteiger partial charge in [0, 0.05) is 0 Å². The zero-order chi connectivity index (χ0) is 17.2. The van der Waals surface area contributed by atoms with Crippen molar-refractivity contribution in [3.63, 3.8) is 0 Å². The first kappa shape index (κ1) is 20.6. The Morgan fingerprint density at radius 1 is 1.09 bits per heavy atom. The van der Waals surface area contributed by atoms with E-state index < -0.39 is 17.2 Å². The SMILES string of the molecule is CCCCOP(Oc1cc(CCCC)c(O)cc1C)OP(O)O. The Hall–Kier alpha value is -0.480. The van der Waals surface area contributed by atoms with Crippen molar-refractivity contribution >= 4 is 17.2 Å². The van der Waals surface area contributed by atoms with Crippen LogP contribution in [0.5, 0.6) is 11.5 Å². The number of aryl methyl sites for hydroxylation is 2. The minimum Gasteiger partial charge on any atom is -0.508 e. The van der Waals surface area contributed by atoms with Crippen molar-refractivity contribution in [3.05, 3.63) is 23.3 Å². The molecule has 3 N–H and O–H groups in total. The number of aromatic hydroxyl groups is 1. The molecule has 0 saturated heterocycles. The summed E-state index contributed by atoms with van der Waals surface area (Å²) in [7, 11) is -4.45. The van der Waals surface area contributed by atoms with Gasteiger partial charge in [0.15, 0.2) is 0 Å². The second-order valence-electron chi connectivity index (χ2n) is 5.19. The van der Waals surface area contributed by atoms with Crippen molar-refractivity contribution in [2.45, 2.75) is 52.9 Å². The molecule has 1 rings (SSSR count). The molecule has 0 spiro atoms. The van der Waals surface area contributed by atoms with E-state index >= 15 is 0 Å². The maximum absolute atomic E-state index is 10.0. The summed E-state index contributed by atoms with van der Waals surface area (Å²) >= 11 is 0. The molecule has 23 heavy (non-hydrogen) atoms. The lowest BCUT2D eigenvalue weighted by Gasteiger charge is -2.19. The maximum atomic E-state index is 10.0. The normalized spacial score (nSPS) is 12.6. The number of hydrogen-bond acceptors (Lipinski definition) is 6. The molecule has 0 aromatic heterocycles. The van der Waals surface area contributed by atoms with Crippen LogP contribution in [0.15, 0.2) is 12.1 Å². The topological polar surface area (TPSA) is 88.4 Å². The van der Waals surface area contributed by atoms with Gasteiger partial charge in [-0.3, -0.25) is 0 Å². The summed E-state index contributed by atoms with van der Waals surface area (Å²) in [5.41, 5.74) is 1.53. The van der Waals surface area contributed by atoms with Gasteiger partial charge in [-0.25, -0.2) is 4.31 Å². The Balaban J connectivity index is 2.83. The number of benzene rings is 1. The molecule has 0 saturated carbocycles. The average molecular weight is 364 g/mol. The molecule has 0 aliphatic heterocycles. The van der Waals surface area contributed by atoms with E-state index in [1.165, 1.54) is 0 Å². The van der Waals surface area contributed by atoms with Gasteiger partial charge in [-0.05, 0) is 49.4 Å². The zero-order valence-corrected chi connectivity index (χ0v) is 15.6. The fourth-order valence-corrected chi connectivity index (χ4v) is 3.36. The molecule has 1 unspecified atom stereocenters. The third-order valence-corrected chi connectivity index (χ3v) is 5.04. The quantitative estimate of drug-likeness (QED) is 0.390. The molecule has 0 aliphatic rings. The Morgan fingerprint density at radius 2 is 1.78 bits per heavy atom. The number of rotatable bonds is 11. The predicted octanol–water partition coefficient (Wildman–Crippen LogP) is 4.69. The van der Waals surface area contributed by atoms with Crippen molar-refractivity contribution in [2.75, 3.05) is 6.61 Å². The number of phenolic OH excluding ortho intramolecular Hbond substituents is 1. The Bertz CT molecular complexity index is 470. The van der Waals surface area contributed by atoms with Crippen molar-refractivity contribution in [3.8, 4) is 11.5 Å². The molecule has 8 heteroatoms. The van der Waals surface area contributed by atoms with E-state index in [-0.39, 0.29) is 5.75 Å². The highest BCUT2D eigenvalue weighted by molar-refractivity contribution is 7.54. The largest absolute Gasteiger partial charge is 0.508 e. The van der Waals surface area contributed by atoms with Crippen LogP contribution in [0, 0.1) is 6.92 Å². The van der Waals surface area contributed by atoms with E-state index in [9.17, 15) is 5.11 Å². The lowest BCUT2D eigenvalue weighted by molar-refractivity contribution is 0.248. The summed E-state index contributed by atoms with van der Waals surface area (Å²) in [6.07, 6.45) is 4.53. The number of phenols is 1. The van der Waals surface area contributed by atoms with Crippen molar-refractivity contribution in [1.82, 2.24) is 0 Å². The highest BCUT2D eigenvalue weighted by atomic mass is 31.2. The fraction of sp³-hybridized carbons (Fsp3) is 0.600. The van der Waals surface area contributed by atoms with E-state index in [4.69, 9.17) is 23.1 Å². The Labute approximate surface area is 140 Å². The van der Waals surface area contributed by atoms with E-state index in [1.54, 1.807) is 19.1 Å². The van der Waals surface area contributed by atoms with Gasteiger partial charge in [0.2, 0.25) is 0 Å². The molecule has 1 aromatic rings. The van der Waals surface area contributed by atoms with Crippen molar-refractivity contribution < 1.29 is 28.3 Å². The number of unbranched alkanes of at least 4 members (excludes halogenated alkanes) is 2. The van der Waals surface area contributed by atoms with E-state index in [0.717, 1.165) is 43.2 Å². The fourth-order valence-electron chi connectivity index (χ4n) is 1.87. The van der Waals surface area contributed by atoms with Gasteiger partial charge >= 0.3 is 17.2 Å². The van der Waals surface area contributed by atoms with Crippen LogP contribution in [-0.2, 0) is 15.3 Å². The third-order valence-electron chi connectivity index (χ3n) is 3.18. The summed E-state index contributed by atoms with van der Waals surface area (Å²) in [5.74, 6) is 0.764. The molecular weight excluding hydrogens is 338 g/mol. The summed E-state index contributed by atoms with van der Waals surface area (Å²) < 4.78 is 16.1. The van der Waals surface area contributed by atoms with Crippen LogP contribution in [0.3, 0.4) is 0 Å². The van der Waals surface area contributed by atoms with Gasteiger partial charge in [-0.2, -0.15) is 0 Å². The van der Waals surface area contributed by atoms with Crippen LogP contribution in [-0.4, -0.2) is 21.5 Å². The molecule has 0 amide bonds. The van der Waals surface area contributed by atoms with Crippen molar-refractivity contribution in [1.29, 1.82) is 0 Å². The smallest absolute Gasteiger partial charge is 0.404 e. The lowest BCUT2D eigenvalue weighted by Crippen LogP contribution is -1.99. The van der Waals surface area contributed by atoms with Gasteiger partial charge in [0.25, 0.3) is 0 Å². The molecule has 132 valence electrons. The van der Waals surface area contributed by atoms with Gasteiger partial charge in [-0.1, -0.05) is 26.7 Å². The molecule has 0 fully saturated rings. The summed E-state index contributed by atoms with van der Waals surface area (Å²) in [4.78, 5) is 18.1. The van der Waals surface area contributed by atoms with Crippen LogP contribution < -0.4 is 4.52 Å². The van der Waals surface area contributed by atoms with Gasteiger partial charge in [0.05, 0.1) is 6.61 Å². The molecule has 1 aromatic carbocycles. The van der Waals surface area contributed by atoms with E-state index in [0.29, 0.717) is 12.4 Å². The molecule has 6 nitrogen and oxygen atoms in total. The summed E-state index contributed by atoms with van der Waals surface area (Å²) in [5, 5.41) is 10.0. The van der Waals surface area contributed by atoms with Crippen LogP contribution in [0.4, 0.5) is 0 Å². The van der Waals surface area contributed by atoms with Crippen molar-refractivity contribution in [2.24, 2.45) is 0 Å². The Kier molecular flexibility index (Phi) is 9.96. The minimum atomic E-state index is -2.56. The first-order valence-electron chi connectivity index (χ1n) is 7.77.